The third-order valence-electron chi connectivity index (χ3n) is 2.67. The average molecular weight is 241 g/mol. The van der Waals surface area contributed by atoms with Crippen molar-refractivity contribution in [2.24, 2.45) is 5.92 Å². The van der Waals surface area contributed by atoms with Gasteiger partial charge in [-0.15, -0.1) is 0 Å². The average Bonchev–Trinajstić information content (AvgIpc) is 2.21. The molecule has 1 heteroatoms. The van der Waals surface area contributed by atoms with E-state index in [4.69, 9.17) is 11.6 Å². The second kappa shape index (κ2) is 7.73. The Morgan fingerprint density at radius 2 is 1.94 bits per heavy atom. The van der Waals surface area contributed by atoms with Crippen LogP contribution < -0.4 is 0 Å². The van der Waals surface area contributed by atoms with E-state index < -0.39 is 0 Å². The van der Waals surface area contributed by atoms with E-state index in [1.807, 2.05) is 6.92 Å². The summed E-state index contributed by atoms with van der Waals surface area (Å²) in [7, 11) is 0. The van der Waals surface area contributed by atoms with Crippen LogP contribution in [0.2, 0.25) is 0 Å². The zero-order valence-electron chi connectivity index (χ0n) is 11.4. The molecule has 0 aromatic carbocycles. The lowest BCUT2D eigenvalue weighted by atomic mass is 9.90. The van der Waals surface area contributed by atoms with Gasteiger partial charge in [0.15, 0.2) is 0 Å². The molecule has 0 aliphatic carbocycles. The van der Waals surface area contributed by atoms with Gasteiger partial charge in [-0.25, -0.2) is 0 Å². The lowest BCUT2D eigenvalue weighted by molar-refractivity contribution is 0.765. The molecule has 0 fully saturated rings. The highest BCUT2D eigenvalue weighted by Crippen LogP contribution is 2.31. The normalized spacial score (nSPS) is 14.1. The van der Waals surface area contributed by atoms with Gasteiger partial charge in [-0.05, 0) is 49.3 Å². The van der Waals surface area contributed by atoms with Crippen LogP contribution in [0.15, 0.2) is 34.4 Å². The molecule has 0 N–H and O–H groups in total. The zero-order chi connectivity index (χ0) is 12.7. The molecule has 0 spiro atoms. The Morgan fingerprint density at radius 1 is 1.38 bits per heavy atom. The zero-order valence-corrected chi connectivity index (χ0v) is 12.1. The van der Waals surface area contributed by atoms with Gasteiger partial charge < -0.3 is 0 Å². The van der Waals surface area contributed by atoms with Crippen LogP contribution in [0.5, 0.6) is 0 Å². The molecule has 0 saturated carbocycles. The van der Waals surface area contributed by atoms with Crippen molar-refractivity contribution in [3.63, 3.8) is 0 Å². The van der Waals surface area contributed by atoms with E-state index in [0.717, 1.165) is 23.4 Å². The molecule has 0 aliphatic rings. The summed E-state index contributed by atoms with van der Waals surface area (Å²) in [5, 5.41) is 0.969. The molecule has 0 heterocycles. The number of allylic oxidation sites excluding steroid dienone is 5. The maximum absolute atomic E-state index is 6.42. The largest absolute Gasteiger partial charge is 0.0955 e. The molecule has 0 atom stereocenters. The molecule has 0 aliphatic heterocycles. The summed E-state index contributed by atoms with van der Waals surface area (Å²) < 4.78 is 0. The van der Waals surface area contributed by atoms with Crippen LogP contribution in [0.1, 0.15) is 53.9 Å². The molecule has 0 rings (SSSR count). The standard InChI is InChI=1S/C15H25Cl/c1-7-9-10-14(16)15(12(5)6)13(8-2)11(3)4/h8,11H,5,7,9-10H2,1-4,6H3/b13-8-,15-14+. The van der Waals surface area contributed by atoms with Crippen molar-refractivity contribution >= 4 is 11.6 Å². The molecule has 0 nitrogen and oxygen atoms in total. The van der Waals surface area contributed by atoms with Crippen LogP contribution in [0, 0.1) is 5.92 Å². The van der Waals surface area contributed by atoms with Crippen molar-refractivity contribution in [1.29, 1.82) is 0 Å². The van der Waals surface area contributed by atoms with Crippen molar-refractivity contribution < 1.29 is 0 Å². The Morgan fingerprint density at radius 3 is 2.25 bits per heavy atom. The van der Waals surface area contributed by atoms with Crippen molar-refractivity contribution in [1.82, 2.24) is 0 Å². The molecule has 0 saturated heterocycles. The first-order valence-corrected chi connectivity index (χ1v) is 6.54. The van der Waals surface area contributed by atoms with E-state index in [1.165, 1.54) is 17.6 Å². The van der Waals surface area contributed by atoms with E-state index in [9.17, 15) is 0 Å². The molecule has 0 aromatic heterocycles. The van der Waals surface area contributed by atoms with Crippen LogP contribution in [-0.2, 0) is 0 Å². The molecular formula is C15H25Cl. The van der Waals surface area contributed by atoms with E-state index >= 15 is 0 Å². The highest BCUT2D eigenvalue weighted by Gasteiger charge is 2.13. The van der Waals surface area contributed by atoms with Gasteiger partial charge in [0.25, 0.3) is 0 Å². The lowest BCUT2D eigenvalue weighted by Crippen LogP contribution is -2.01. The maximum Gasteiger partial charge on any atom is 0.0258 e. The number of rotatable bonds is 6. The van der Waals surface area contributed by atoms with Gasteiger partial charge in [-0.1, -0.05) is 51.4 Å². The van der Waals surface area contributed by atoms with Crippen LogP contribution in [0.3, 0.4) is 0 Å². The van der Waals surface area contributed by atoms with Gasteiger partial charge in [0.1, 0.15) is 0 Å². The molecule has 0 radical (unpaired) electrons. The topological polar surface area (TPSA) is 0 Å². The number of hydrogen-bond donors (Lipinski definition) is 0. The summed E-state index contributed by atoms with van der Waals surface area (Å²) in [5.74, 6) is 0.493. The van der Waals surface area contributed by atoms with Gasteiger partial charge in [-0.2, -0.15) is 0 Å². The molecular weight excluding hydrogens is 216 g/mol. The molecule has 0 bridgehead atoms. The molecule has 92 valence electrons. The van der Waals surface area contributed by atoms with Gasteiger partial charge in [0.05, 0.1) is 0 Å². The smallest absolute Gasteiger partial charge is 0.0258 e. The first-order chi connectivity index (χ1) is 7.45. The minimum atomic E-state index is 0.493. The Hall–Kier alpha value is -0.490. The quantitative estimate of drug-likeness (QED) is 0.511. The molecule has 0 unspecified atom stereocenters. The monoisotopic (exact) mass is 240 g/mol. The first-order valence-electron chi connectivity index (χ1n) is 6.16. The van der Waals surface area contributed by atoms with E-state index in [0.29, 0.717) is 5.92 Å². The highest BCUT2D eigenvalue weighted by atomic mass is 35.5. The van der Waals surface area contributed by atoms with Gasteiger partial charge in [0, 0.05) is 5.03 Å². The van der Waals surface area contributed by atoms with Crippen LogP contribution in [-0.4, -0.2) is 0 Å². The predicted molar refractivity (Wildman–Crippen MR) is 75.8 cm³/mol. The van der Waals surface area contributed by atoms with Gasteiger partial charge in [-0.3, -0.25) is 0 Å². The van der Waals surface area contributed by atoms with Crippen LogP contribution >= 0.6 is 11.6 Å². The summed E-state index contributed by atoms with van der Waals surface area (Å²) in [5.41, 5.74) is 3.56. The van der Waals surface area contributed by atoms with Crippen LogP contribution in [0.4, 0.5) is 0 Å². The highest BCUT2D eigenvalue weighted by molar-refractivity contribution is 6.30. The van der Waals surface area contributed by atoms with E-state index in [-0.39, 0.29) is 0 Å². The minimum absolute atomic E-state index is 0.493. The second-order valence-corrected chi connectivity index (χ2v) is 5.02. The fraction of sp³-hybridized carbons (Fsp3) is 0.600. The fourth-order valence-electron chi connectivity index (χ4n) is 1.86. The Labute approximate surface area is 106 Å². The Kier molecular flexibility index (Phi) is 7.49. The van der Waals surface area contributed by atoms with Crippen molar-refractivity contribution in [2.45, 2.75) is 53.9 Å². The molecule has 0 aromatic rings. The number of halogens is 1. The predicted octanol–water partition coefficient (Wildman–Crippen LogP) is 5.85. The summed E-state index contributed by atoms with van der Waals surface area (Å²) >= 11 is 6.42. The minimum Gasteiger partial charge on any atom is -0.0955 e. The molecule has 16 heavy (non-hydrogen) atoms. The summed E-state index contributed by atoms with van der Waals surface area (Å²) in [6.07, 6.45) is 5.44. The number of hydrogen-bond acceptors (Lipinski definition) is 0. The summed E-state index contributed by atoms with van der Waals surface area (Å²) in [4.78, 5) is 0. The third kappa shape index (κ3) is 4.57. The lowest BCUT2D eigenvalue weighted by Gasteiger charge is -2.18. The SMILES string of the molecule is C=C(C)C(/C(=C\C)C(C)C)=C(\Cl)CCCC. The van der Waals surface area contributed by atoms with Crippen molar-refractivity contribution in [3.8, 4) is 0 Å². The first kappa shape index (κ1) is 15.5. The van der Waals surface area contributed by atoms with E-state index in [1.54, 1.807) is 0 Å². The van der Waals surface area contributed by atoms with E-state index in [2.05, 4.69) is 40.3 Å². The van der Waals surface area contributed by atoms with Crippen LogP contribution in [0.25, 0.3) is 0 Å². The Bertz CT molecular complexity index is 293. The van der Waals surface area contributed by atoms with Gasteiger partial charge in [0.2, 0.25) is 0 Å². The fourth-order valence-corrected chi connectivity index (χ4v) is 2.26. The van der Waals surface area contributed by atoms with Gasteiger partial charge >= 0.3 is 0 Å². The van der Waals surface area contributed by atoms with Crippen molar-refractivity contribution in [2.75, 3.05) is 0 Å². The van der Waals surface area contributed by atoms with Crippen molar-refractivity contribution in [3.05, 3.63) is 34.4 Å². The Balaban J connectivity index is 5.20. The summed E-state index contributed by atoms with van der Waals surface area (Å²) in [6, 6.07) is 0. The third-order valence-corrected chi connectivity index (χ3v) is 3.05. The summed E-state index contributed by atoms with van der Waals surface area (Å²) in [6.45, 7) is 14.7. The number of unbranched alkanes of at least 4 members (excludes halogenated alkanes) is 1. The second-order valence-electron chi connectivity index (χ2n) is 4.56. The maximum atomic E-state index is 6.42. The molecule has 0 amide bonds.